The van der Waals surface area contributed by atoms with E-state index in [9.17, 15) is 10.1 Å². The third-order valence-corrected chi connectivity index (χ3v) is 4.40. The molecule has 124 valence electrons. The van der Waals surface area contributed by atoms with E-state index in [1.165, 1.54) is 24.5 Å². The van der Waals surface area contributed by atoms with Crippen molar-refractivity contribution in [2.24, 2.45) is 0 Å². The smallest absolute Gasteiger partial charge is 0.311 e. The number of aromatic nitrogens is 1. The van der Waals surface area contributed by atoms with Gasteiger partial charge in [0.25, 0.3) is 0 Å². The van der Waals surface area contributed by atoms with Crippen LogP contribution in [0.5, 0.6) is 11.5 Å². The molecule has 3 rings (SSSR count). The fourth-order valence-electron chi connectivity index (χ4n) is 2.19. The van der Waals surface area contributed by atoms with Crippen LogP contribution in [0.4, 0.5) is 5.69 Å². The summed E-state index contributed by atoms with van der Waals surface area (Å²) in [6.07, 6.45) is 0. The number of thiazole rings is 1. The van der Waals surface area contributed by atoms with Crippen LogP contribution in [0.25, 0.3) is 20.8 Å². The summed E-state index contributed by atoms with van der Waals surface area (Å²) in [5.41, 5.74) is 1.35. The Morgan fingerprint density at radius 1 is 1.21 bits per heavy atom. The van der Waals surface area contributed by atoms with E-state index in [1.54, 1.807) is 19.2 Å². The zero-order valence-electron chi connectivity index (χ0n) is 13.0. The van der Waals surface area contributed by atoms with Crippen molar-refractivity contribution in [2.75, 3.05) is 21.0 Å². The number of hydrogen-bond acceptors (Lipinski definition) is 7. The molecule has 0 saturated heterocycles. The van der Waals surface area contributed by atoms with Crippen molar-refractivity contribution in [2.45, 2.75) is 0 Å². The lowest BCUT2D eigenvalue weighted by atomic mass is 10.2. The van der Waals surface area contributed by atoms with E-state index in [-0.39, 0.29) is 18.2 Å². The van der Waals surface area contributed by atoms with Crippen molar-refractivity contribution in [3.63, 3.8) is 0 Å². The lowest BCUT2D eigenvalue weighted by molar-refractivity contribution is -0.386. The first-order valence-electron chi connectivity index (χ1n) is 6.97. The number of benzene rings is 2. The lowest BCUT2D eigenvalue weighted by Crippen LogP contribution is -2.02. The highest BCUT2D eigenvalue weighted by Crippen LogP contribution is 2.36. The van der Waals surface area contributed by atoms with Crippen LogP contribution in [0, 0.1) is 10.1 Å². The predicted molar refractivity (Wildman–Crippen MR) is 90.8 cm³/mol. The Morgan fingerprint density at radius 2 is 2.04 bits per heavy atom. The highest BCUT2D eigenvalue weighted by Gasteiger charge is 2.18. The molecule has 0 aliphatic rings. The molecule has 0 aliphatic heterocycles. The number of fused-ring (bicyclic) bond motifs is 1. The molecule has 1 heterocycles. The Hall–Kier alpha value is -2.71. The van der Waals surface area contributed by atoms with Crippen molar-refractivity contribution >= 4 is 27.2 Å². The first-order chi connectivity index (χ1) is 11.6. The summed E-state index contributed by atoms with van der Waals surface area (Å²) < 4.78 is 16.2. The van der Waals surface area contributed by atoms with Crippen molar-refractivity contribution in [1.29, 1.82) is 0 Å². The van der Waals surface area contributed by atoms with Gasteiger partial charge in [-0.05, 0) is 30.3 Å². The van der Waals surface area contributed by atoms with Gasteiger partial charge < -0.3 is 14.2 Å². The first-order valence-corrected chi connectivity index (χ1v) is 7.79. The number of nitrogens with zero attached hydrogens (tertiary/aromatic N) is 2. The van der Waals surface area contributed by atoms with Crippen molar-refractivity contribution in [3.05, 3.63) is 46.5 Å². The summed E-state index contributed by atoms with van der Waals surface area (Å²) in [7, 11) is 3.06. The molecule has 24 heavy (non-hydrogen) atoms. The highest BCUT2D eigenvalue weighted by molar-refractivity contribution is 7.21. The molecular formula is C16H14N2O5S. The van der Waals surface area contributed by atoms with E-state index in [2.05, 4.69) is 4.98 Å². The molecule has 0 radical (unpaired) electrons. The molecule has 0 unspecified atom stereocenters. The third kappa shape index (κ3) is 3.15. The minimum absolute atomic E-state index is 0.0544. The number of ether oxygens (including phenoxy) is 3. The summed E-state index contributed by atoms with van der Waals surface area (Å²) in [5.74, 6) is 0.903. The number of rotatable bonds is 6. The van der Waals surface area contributed by atoms with E-state index < -0.39 is 4.92 Å². The van der Waals surface area contributed by atoms with E-state index in [1.807, 2.05) is 18.2 Å². The average Bonchev–Trinajstić information content (AvgIpc) is 3.02. The van der Waals surface area contributed by atoms with Crippen molar-refractivity contribution < 1.29 is 19.1 Å². The minimum Gasteiger partial charge on any atom is -0.497 e. The molecule has 0 N–H and O–H groups in total. The number of nitro benzene ring substituents is 1. The van der Waals surface area contributed by atoms with Crippen LogP contribution in [-0.4, -0.2) is 30.9 Å². The normalized spacial score (nSPS) is 10.8. The monoisotopic (exact) mass is 346 g/mol. The van der Waals surface area contributed by atoms with Gasteiger partial charge in [0.15, 0.2) is 12.5 Å². The molecule has 3 aromatic rings. The maximum atomic E-state index is 11.3. The van der Waals surface area contributed by atoms with Gasteiger partial charge in [0, 0.05) is 18.7 Å². The first kappa shape index (κ1) is 16.2. The zero-order valence-corrected chi connectivity index (χ0v) is 13.8. The van der Waals surface area contributed by atoms with E-state index >= 15 is 0 Å². The van der Waals surface area contributed by atoms with E-state index in [0.29, 0.717) is 10.6 Å². The minimum atomic E-state index is -0.481. The molecule has 7 nitrogen and oxygen atoms in total. The molecule has 2 aromatic carbocycles. The number of hydrogen-bond donors (Lipinski definition) is 0. The molecule has 0 amide bonds. The number of nitro groups is 1. The van der Waals surface area contributed by atoms with Crippen molar-refractivity contribution in [3.8, 4) is 22.1 Å². The van der Waals surface area contributed by atoms with Crippen LogP contribution in [0.2, 0.25) is 0 Å². The van der Waals surface area contributed by atoms with E-state index in [0.717, 1.165) is 16.0 Å². The van der Waals surface area contributed by atoms with Gasteiger partial charge in [0.1, 0.15) is 10.8 Å². The fourth-order valence-corrected chi connectivity index (χ4v) is 3.18. The molecule has 1 aromatic heterocycles. The molecule has 8 heteroatoms. The van der Waals surface area contributed by atoms with Crippen LogP contribution >= 0.6 is 11.3 Å². The van der Waals surface area contributed by atoms with Gasteiger partial charge >= 0.3 is 5.69 Å². The Kier molecular flexibility index (Phi) is 4.59. The van der Waals surface area contributed by atoms with Gasteiger partial charge in [-0.3, -0.25) is 10.1 Å². The second kappa shape index (κ2) is 6.81. The highest BCUT2D eigenvalue weighted by atomic mass is 32.1. The SMILES string of the molecule is COCOc1ccc(-c2nc3ccc(OC)cc3s2)cc1[N+](=O)[O-]. The Balaban J connectivity index is 2.02. The summed E-state index contributed by atoms with van der Waals surface area (Å²) in [6.45, 7) is -0.0544. The van der Waals surface area contributed by atoms with E-state index in [4.69, 9.17) is 14.2 Å². The van der Waals surface area contributed by atoms with Gasteiger partial charge in [-0.25, -0.2) is 4.98 Å². The summed E-state index contributed by atoms with van der Waals surface area (Å²) in [4.78, 5) is 15.3. The molecule has 0 bridgehead atoms. The van der Waals surface area contributed by atoms with Crippen LogP contribution in [0.15, 0.2) is 36.4 Å². The van der Waals surface area contributed by atoms with Crippen molar-refractivity contribution in [1.82, 2.24) is 4.98 Å². The van der Waals surface area contributed by atoms with Crippen LogP contribution < -0.4 is 9.47 Å². The second-order valence-corrected chi connectivity index (χ2v) is 5.87. The molecule has 0 aliphatic carbocycles. The number of methoxy groups -OCH3 is 2. The van der Waals surface area contributed by atoms with Crippen LogP contribution in [0.3, 0.4) is 0 Å². The summed E-state index contributed by atoms with van der Waals surface area (Å²) in [6, 6.07) is 10.3. The standard InChI is InChI=1S/C16H14N2O5S/c1-21-9-23-14-6-3-10(7-13(14)18(19)20)16-17-12-5-4-11(22-2)8-15(12)24-16/h3-8H,9H2,1-2H3. The largest absolute Gasteiger partial charge is 0.497 e. The summed E-state index contributed by atoms with van der Waals surface area (Å²) in [5, 5.41) is 12.0. The van der Waals surface area contributed by atoms with Crippen LogP contribution in [-0.2, 0) is 4.74 Å². The van der Waals surface area contributed by atoms with Gasteiger partial charge in [-0.2, -0.15) is 0 Å². The third-order valence-electron chi connectivity index (χ3n) is 3.33. The van der Waals surface area contributed by atoms with Gasteiger partial charge in [0.05, 0.1) is 22.2 Å². The van der Waals surface area contributed by atoms with Gasteiger partial charge in [0.2, 0.25) is 0 Å². The predicted octanol–water partition coefficient (Wildman–Crippen LogP) is 3.86. The molecular weight excluding hydrogens is 332 g/mol. The van der Waals surface area contributed by atoms with Gasteiger partial charge in [-0.15, -0.1) is 11.3 Å². The maximum absolute atomic E-state index is 11.3. The molecule has 0 atom stereocenters. The average molecular weight is 346 g/mol. The molecule has 0 fully saturated rings. The van der Waals surface area contributed by atoms with Crippen LogP contribution in [0.1, 0.15) is 0 Å². The van der Waals surface area contributed by atoms with Gasteiger partial charge in [-0.1, -0.05) is 0 Å². The topological polar surface area (TPSA) is 83.7 Å². The quantitative estimate of drug-likeness (QED) is 0.383. The Labute approximate surface area is 141 Å². The molecule has 0 spiro atoms. The fraction of sp³-hybridized carbons (Fsp3) is 0.188. The summed E-state index contributed by atoms with van der Waals surface area (Å²) >= 11 is 1.44. The second-order valence-electron chi connectivity index (χ2n) is 4.84. The molecule has 0 saturated carbocycles. The Bertz CT molecular complexity index is 893. The maximum Gasteiger partial charge on any atom is 0.311 e. The Morgan fingerprint density at radius 3 is 2.75 bits per heavy atom. The lowest BCUT2D eigenvalue weighted by Gasteiger charge is -2.06. The zero-order chi connectivity index (χ0) is 17.1.